The number of hydrogen-bond acceptors (Lipinski definition) is 3. The van der Waals surface area contributed by atoms with Crippen molar-refractivity contribution in [2.75, 3.05) is 33.7 Å². The Morgan fingerprint density at radius 1 is 1.44 bits per heavy atom. The highest BCUT2D eigenvalue weighted by Crippen LogP contribution is 2.26. The van der Waals surface area contributed by atoms with E-state index in [9.17, 15) is 4.79 Å². The largest absolute Gasteiger partial charge is 0.347 e. The monoisotopic (exact) mass is 225 g/mol. The summed E-state index contributed by atoms with van der Waals surface area (Å²) in [7, 11) is 3.67. The molecule has 2 saturated heterocycles. The van der Waals surface area contributed by atoms with Crippen molar-refractivity contribution < 1.29 is 4.79 Å². The van der Waals surface area contributed by atoms with Crippen LogP contribution in [0.25, 0.3) is 0 Å². The van der Waals surface area contributed by atoms with E-state index in [1.165, 1.54) is 12.8 Å². The summed E-state index contributed by atoms with van der Waals surface area (Å²) in [4.78, 5) is 15.9. The van der Waals surface area contributed by atoms with Crippen LogP contribution in [0.3, 0.4) is 0 Å². The third-order valence-electron chi connectivity index (χ3n) is 3.97. The first-order valence-electron chi connectivity index (χ1n) is 6.28. The molecule has 0 saturated carbocycles. The lowest BCUT2D eigenvalue weighted by molar-refractivity contribution is -0.133. The van der Waals surface area contributed by atoms with Crippen LogP contribution in [0, 0.1) is 5.92 Å². The van der Waals surface area contributed by atoms with Gasteiger partial charge in [-0.3, -0.25) is 9.69 Å². The molecular formula is C12H23N3O. The molecule has 0 radical (unpaired) electrons. The van der Waals surface area contributed by atoms with Crippen molar-refractivity contribution in [2.24, 2.45) is 5.92 Å². The molecule has 2 aliphatic rings. The molecule has 92 valence electrons. The molecule has 1 N–H and O–H groups in total. The van der Waals surface area contributed by atoms with Gasteiger partial charge in [-0.1, -0.05) is 0 Å². The van der Waals surface area contributed by atoms with E-state index in [-0.39, 0.29) is 11.9 Å². The molecule has 0 bridgehead atoms. The van der Waals surface area contributed by atoms with Crippen LogP contribution in [-0.4, -0.2) is 61.5 Å². The Hall–Kier alpha value is -0.610. The van der Waals surface area contributed by atoms with Gasteiger partial charge in [-0.25, -0.2) is 0 Å². The zero-order valence-electron chi connectivity index (χ0n) is 10.6. The van der Waals surface area contributed by atoms with Crippen LogP contribution in [0.5, 0.6) is 0 Å². The number of carbonyl (C=O) groups is 1. The Morgan fingerprint density at radius 3 is 2.81 bits per heavy atom. The molecule has 3 atom stereocenters. The molecular weight excluding hydrogens is 202 g/mol. The van der Waals surface area contributed by atoms with Gasteiger partial charge in [-0.05, 0) is 32.2 Å². The van der Waals surface area contributed by atoms with Crippen molar-refractivity contribution in [3.63, 3.8) is 0 Å². The smallest absolute Gasteiger partial charge is 0.239 e. The van der Waals surface area contributed by atoms with E-state index in [0.29, 0.717) is 6.04 Å². The highest BCUT2D eigenvalue weighted by atomic mass is 16.2. The molecule has 4 heteroatoms. The number of nitrogens with one attached hydrogen (secondary N) is 1. The predicted octanol–water partition coefficient (Wildman–Crippen LogP) is 0.147. The third-order valence-corrected chi connectivity index (χ3v) is 3.97. The summed E-state index contributed by atoms with van der Waals surface area (Å²) >= 11 is 0. The fraction of sp³-hybridized carbons (Fsp3) is 0.917. The molecule has 1 amide bonds. The minimum absolute atomic E-state index is 0.0300. The Kier molecular flexibility index (Phi) is 3.50. The topological polar surface area (TPSA) is 35.6 Å². The van der Waals surface area contributed by atoms with E-state index < -0.39 is 0 Å². The summed E-state index contributed by atoms with van der Waals surface area (Å²) in [5.74, 6) is 0.977. The molecule has 3 unspecified atom stereocenters. The van der Waals surface area contributed by atoms with Crippen LogP contribution in [-0.2, 0) is 4.79 Å². The zero-order chi connectivity index (χ0) is 11.7. The maximum Gasteiger partial charge on any atom is 0.239 e. The van der Waals surface area contributed by atoms with Crippen LogP contribution in [0.2, 0.25) is 0 Å². The summed E-state index contributed by atoms with van der Waals surface area (Å²) < 4.78 is 0. The third kappa shape index (κ3) is 2.23. The van der Waals surface area contributed by atoms with Crippen molar-refractivity contribution >= 4 is 5.91 Å². The minimum atomic E-state index is 0.0300. The fourth-order valence-electron chi connectivity index (χ4n) is 2.93. The molecule has 0 aliphatic carbocycles. The molecule has 0 aromatic carbocycles. The fourth-order valence-corrected chi connectivity index (χ4v) is 2.93. The number of likely N-dealkylation sites (tertiary alicyclic amines) is 1. The van der Waals surface area contributed by atoms with Crippen molar-refractivity contribution in [1.29, 1.82) is 0 Å². The Bertz CT molecular complexity index is 253. The Morgan fingerprint density at radius 2 is 2.19 bits per heavy atom. The SMILES string of the molecule is CC(C(=O)N(C)C)N1CC2CCCNC2C1. The summed E-state index contributed by atoms with van der Waals surface area (Å²) in [6.07, 6.45) is 2.60. The first kappa shape index (κ1) is 11.9. The van der Waals surface area contributed by atoms with Gasteiger partial charge in [0.05, 0.1) is 6.04 Å². The maximum atomic E-state index is 11.9. The second-order valence-electron chi connectivity index (χ2n) is 5.33. The summed E-state index contributed by atoms with van der Waals surface area (Å²) in [5.41, 5.74) is 0. The Labute approximate surface area is 98.0 Å². The number of rotatable bonds is 2. The van der Waals surface area contributed by atoms with Gasteiger partial charge in [-0.15, -0.1) is 0 Å². The van der Waals surface area contributed by atoms with Crippen LogP contribution in [0.1, 0.15) is 19.8 Å². The maximum absolute atomic E-state index is 11.9. The average Bonchev–Trinajstić information content (AvgIpc) is 2.70. The number of piperidine rings is 1. The van der Waals surface area contributed by atoms with Crippen molar-refractivity contribution in [3.05, 3.63) is 0 Å². The predicted molar refractivity (Wildman–Crippen MR) is 64.2 cm³/mol. The van der Waals surface area contributed by atoms with Crippen molar-refractivity contribution in [3.8, 4) is 0 Å². The van der Waals surface area contributed by atoms with Gasteiger partial charge in [0.15, 0.2) is 0 Å². The molecule has 2 fully saturated rings. The normalized spacial score (nSPS) is 32.2. The lowest BCUT2D eigenvalue weighted by Crippen LogP contribution is -2.45. The second-order valence-corrected chi connectivity index (χ2v) is 5.33. The summed E-state index contributed by atoms with van der Waals surface area (Å²) in [6.45, 7) is 5.29. The lowest BCUT2D eigenvalue weighted by Gasteiger charge is -2.26. The van der Waals surface area contributed by atoms with Gasteiger partial charge >= 0.3 is 0 Å². The zero-order valence-corrected chi connectivity index (χ0v) is 10.6. The number of hydrogen-bond donors (Lipinski definition) is 1. The van der Waals surface area contributed by atoms with Gasteiger partial charge in [0.2, 0.25) is 5.91 Å². The Balaban J connectivity index is 1.94. The molecule has 2 heterocycles. The van der Waals surface area contributed by atoms with E-state index in [1.807, 2.05) is 21.0 Å². The van der Waals surface area contributed by atoms with E-state index in [4.69, 9.17) is 0 Å². The average molecular weight is 225 g/mol. The molecule has 0 spiro atoms. The number of fused-ring (bicyclic) bond motifs is 1. The van der Waals surface area contributed by atoms with E-state index in [1.54, 1.807) is 4.90 Å². The number of nitrogens with zero attached hydrogens (tertiary/aromatic N) is 2. The molecule has 2 aliphatic heterocycles. The van der Waals surface area contributed by atoms with Crippen LogP contribution >= 0.6 is 0 Å². The standard InChI is InChI=1S/C12H23N3O/c1-9(12(16)14(2)3)15-7-10-5-4-6-13-11(10)8-15/h9-11,13H,4-8H2,1-3H3. The lowest BCUT2D eigenvalue weighted by atomic mass is 9.94. The second kappa shape index (κ2) is 4.72. The molecule has 16 heavy (non-hydrogen) atoms. The van der Waals surface area contributed by atoms with Gasteiger partial charge in [-0.2, -0.15) is 0 Å². The highest BCUT2D eigenvalue weighted by molar-refractivity contribution is 5.81. The minimum Gasteiger partial charge on any atom is -0.347 e. The van der Waals surface area contributed by atoms with Gasteiger partial charge in [0, 0.05) is 33.2 Å². The molecule has 4 nitrogen and oxygen atoms in total. The van der Waals surface area contributed by atoms with Crippen LogP contribution < -0.4 is 5.32 Å². The number of carbonyl (C=O) groups excluding carboxylic acids is 1. The van der Waals surface area contributed by atoms with E-state index >= 15 is 0 Å². The highest BCUT2D eigenvalue weighted by Gasteiger charge is 2.37. The quantitative estimate of drug-likeness (QED) is 0.726. The summed E-state index contributed by atoms with van der Waals surface area (Å²) in [5, 5.41) is 3.57. The first-order valence-corrected chi connectivity index (χ1v) is 6.28. The van der Waals surface area contributed by atoms with Crippen molar-refractivity contribution in [1.82, 2.24) is 15.1 Å². The van der Waals surface area contributed by atoms with Crippen molar-refractivity contribution in [2.45, 2.75) is 31.8 Å². The van der Waals surface area contributed by atoms with Gasteiger partial charge < -0.3 is 10.2 Å². The van der Waals surface area contributed by atoms with Gasteiger partial charge in [0.1, 0.15) is 0 Å². The summed E-state index contributed by atoms with van der Waals surface area (Å²) in [6, 6.07) is 0.647. The van der Waals surface area contributed by atoms with Crippen LogP contribution in [0.4, 0.5) is 0 Å². The number of likely N-dealkylation sites (N-methyl/N-ethyl adjacent to an activating group) is 1. The molecule has 0 aromatic heterocycles. The van der Waals surface area contributed by atoms with E-state index in [0.717, 1.165) is 25.6 Å². The molecule has 2 rings (SSSR count). The first-order chi connectivity index (χ1) is 7.59. The number of amides is 1. The molecule has 0 aromatic rings. The van der Waals surface area contributed by atoms with E-state index in [2.05, 4.69) is 10.2 Å². The van der Waals surface area contributed by atoms with Crippen LogP contribution in [0.15, 0.2) is 0 Å². The van der Waals surface area contributed by atoms with Gasteiger partial charge in [0.25, 0.3) is 0 Å².